The van der Waals surface area contributed by atoms with Gasteiger partial charge in [0.1, 0.15) is 30.0 Å². The maximum atomic E-state index is 12.9. The normalized spacial score (nSPS) is 11.1. The third-order valence-corrected chi connectivity index (χ3v) is 4.60. The fraction of sp³-hybridized carbons (Fsp3) is 0.0800. The van der Waals surface area contributed by atoms with Crippen LogP contribution >= 0.6 is 0 Å². The molecular formula is C25H20O4. The van der Waals surface area contributed by atoms with Crippen molar-refractivity contribution < 1.29 is 18.7 Å². The van der Waals surface area contributed by atoms with Gasteiger partial charge in [-0.1, -0.05) is 36.4 Å². The Kier molecular flexibility index (Phi) is 5.43. The molecule has 1 heterocycles. The lowest BCUT2D eigenvalue weighted by atomic mass is 10.0. The molecule has 0 unspecified atom stereocenters. The molecule has 144 valence electrons. The fourth-order valence-corrected chi connectivity index (χ4v) is 3.06. The molecule has 0 aliphatic rings. The summed E-state index contributed by atoms with van der Waals surface area (Å²) in [5.41, 5.74) is 2.85. The summed E-state index contributed by atoms with van der Waals surface area (Å²) in [6.45, 7) is 0.431. The molecule has 4 nitrogen and oxygen atoms in total. The van der Waals surface area contributed by atoms with Crippen LogP contribution < -0.4 is 9.47 Å². The first-order valence-electron chi connectivity index (χ1n) is 9.29. The molecule has 0 aliphatic heterocycles. The van der Waals surface area contributed by atoms with Crippen molar-refractivity contribution in [2.75, 3.05) is 13.7 Å². The molecular weight excluding hydrogens is 364 g/mol. The Morgan fingerprint density at radius 3 is 2.48 bits per heavy atom. The van der Waals surface area contributed by atoms with E-state index in [1.807, 2.05) is 60.7 Å². The van der Waals surface area contributed by atoms with Crippen LogP contribution in [0.1, 0.15) is 21.5 Å². The molecule has 0 bridgehead atoms. The van der Waals surface area contributed by atoms with Gasteiger partial charge in [0.15, 0.2) is 5.78 Å². The molecule has 0 N–H and O–H groups in total. The minimum absolute atomic E-state index is 0.104. The van der Waals surface area contributed by atoms with Gasteiger partial charge in [0.05, 0.1) is 12.7 Å². The summed E-state index contributed by atoms with van der Waals surface area (Å²) in [7, 11) is 1.59. The fourth-order valence-electron chi connectivity index (χ4n) is 3.06. The number of benzene rings is 3. The Hall–Kier alpha value is -3.79. The quantitative estimate of drug-likeness (QED) is 0.380. The first-order chi connectivity index (χ1) is 14.2. The molecule has 4 aromatic rings. The number of hydrogen-bond donors (Lipinski definition) is 0. The molecule has 3 aromatic carbocycles. The van der Waals surface area contributed by atoms with Crippen LogP contribution in [-0.4, -0.2) is 19.5 Å². The Morgan fingerprint density at radius 2 is 1.72 bits per heavy atom. The summed E-state index contributed by atoms with van der Waals surface area (Å²) < 4.78 is 16.5. The highest BCUT2D eigenvalue weighted by Crippen LogP contribution is 2.28. The number of fused-ring (bicyclic) bond motifs is 1. The number of hydrogen-bond acceptors (Lipinski definition) is 4. The largest absolute Gasteiger partial charge is 0.497 e. The van der Waals surface area contributed by atoms with Crippen molar-refractivity contribution in [2.24, 2.45) is 0 Å². The van der Waals surface area contributed by atoms with E-state index >= 15 is 0 Å². The highest BCUT2D eigenvalue weighted by molar-refractivity contribution is 6.16. The van der Waals surface area contributed by atoms with Crippen molar-refractivity contribution in [3.63, 3.8) is 0 Å². The van der Waals surface area contributed by atoms with Gasteiger partial charge in [0.25, 0.3) is 0 Å². The van der Waals surface area contributed by atoms with E-state index in [0.717, 1.165) is 10.9 Å². The minimum Gasteiger partial charge on any atom is -0.497 e. The molecule has 0 spiro atoms. The summed E-state index contributed by atoms with van der Waals surface area (Å²) >= 11 is 0. The van der Waals surface area contributed by atoms with Gasteiger partial charge >= 0.3 is 0 Å². The van der Waals surface area contributed by atoms with Crippen molar-refractivity contribution in [3.8, 4) is 11.5 Å². The van der Waals surface area contributed by atoms with Crippen LogP contribution in [0.4, 0.5) is 0 Å². The van der Waals surface area contributed by atoms with E-state index in [9.17, 15) is 4.79 Å². The van der Waals surface area contributed by atoms with E-state index < -0.39 is 0 Å². The molecule has 29 heavy (non-hydrogen) atoms. The van der Waals surface area contributed by atoms with E-state index in [4.69, 9.17) is 13.9 Å². The Labute approximate surface area is 169 Å². The molecule has 0 amide bonds. The summed E-state index contributed by atoms with van der Waals surface area (Å²) in [6.07, 6.45) is 5.46. The van der Waals surface area contributed by atoms with Crippen LogP contribution in [0.2, 0.25) is 0 Å². The Balaban J connectivity index is 1.51. The van der Waals surface area contributed by atoms with Crippen LogP contribution in [0.5, 0.6) is 11.5 Å². The lowest BCUT2D eigenvalue weighted by molar-refractivity contribution is 0.103. The molecule has 1 aromatic heterocycles. The van der Waals surface area contributed by atoms with Crippen LogP contribution in [0.15, 0.2) is 89.6 Å². The van der Waals surface area contributed by atoms with Gasteiger partial charge in [-0.25, -0.2) is 0 Å². The monoisotopic (exact) mass is 384 g/mol. The molecule has 0 saturated heterocycles. The van der Waals surface area contributed by atoms with E-state index in [1.165, 1.54) is 6.26 Å². The smallest absolute Gasteiger partial charge is 0.196 e. The van der Waals surface area contributed by atoms with Crippen molar-refractivity contribution in [3.05, 3.63) is 102 Å². The predicted octanol–water partition coefficient (Wildman–Crippen LogP) is 5.76. The lowest BCUT2D eigenvalue weighted by Crippen LogP contribution is -2.00. The average molecular weight is 384 g/mol. The first-order valence-corrected chi connectivity index (χ1v) is 9.29. The molecule has 0 saturated carbocycles. The van der Waals surface area contributed by atoms with E-state index in [-0.39, 0.29) is 5.78 Å². The molecule has 4 rings (SSSR count). The number of furan rings is 1. The van der Waals surface area contributed by atoms with Gasteiger partial charge in [-0.3, -0.25) is 4.79 Å². The zero-order valence-corrected chi connectivity index (χ0v) is 16.0. The molecule has 4 heteroatoms. The second kappa shape index (κ2) is 8.48. The van der Waals surface area contributed by atoms with Crippen molar-refractivity contribution in [1.82, 2.24) is 0 Å². The zero-order chi connectivity index (χ0) is 20.1. The molecule has 0 radical (unpaired) electrons. The average Bonchev–Trinajstić information content (AvgIpc) is 3.20. The Bertz CT molecular complexity index is 1140. The highest BCUT2D eigenvalue weighted by Gasteiger charge is 2.16. The third-order valence-electron chi connectivity index (χ3n) is 4.60. The summed E-state index contributed by atoms with van der Waals surface area (Å²) in [4.78, 5) is 12.9. The van der Waals surface area contributed by atoms with Crippen molar-refractivity contribution >= 4 is 22.8 Å². The van der Waals surface area contributed by atoms with Crippen LogP contribution in [0.3, 0.4) is 0 Å². The van der Waals surface area contributed by atoms with Crippen molar-refractivity contribution in [1.29, 1.82) is 0 Å². The predicted molar refractivity (Wildman–Crippen MR) is 114 cm³/mol. The number of ether oxygens (including phenoxy) is 2. The van der Waals surface area contributed by atoms with Gasteiger partial charge in [-0.15, -0.1) is 0 Å². The maximum Gasteiger partial charge on any atom is 0.196 e. The first kappa shape index (κ1) is 18.6. The summed E-state index contributed by atoms with van der Waals surface area (Å²) in [5, 5.41) is 0.732. The second-order valence-corrected chi connectivity index (χ2v) is 6.49. The van der Waals surface area contributed by atoms with Gasteiger partial charge in [-0.05, 0) is 54.1 Å². The third kappa shape index (κ3) is 4.22. The topological polar surface area (TPSA) is 48.7 Å². The molecule has 0 fully saturated rings. The zero-order valence-electron chi connectivity index (χ0n) is 16.0. The van der Waals surface area contributed by atoms with Crippen LogP contribution in [-0.2, 0) is 0 Å². The number of carbonyl (C=O) groups is 1. The van der Waals surface area contributed by atoms with Gasteiger partial charge < -0.3 is 13.9 Å². The van der Waals surface area contributed by atoms with Gasteiger partial charge in [0.2, 0.25) is 0 Å². The lowest BCUT2D eigenvalue weighted by Gasteiger charge is -2.04. The second-order valence-electron chi connectivity index (χ2n) is 6.49. The molecule has 0 atom stereocenters. The van der Waals surface area contributed by atoms with Crippen LogP contribution in [0, 0.1) is 0 Å². The number of rotatable bonds is 7. The number of carbonyl (C=O) groups excluding carboxylic acids is 1. The van der Waals surface area contributed by atoms with E-state index in [1.54, 1.807) is 31.4 Å². The summed E-state index contributed by atoms with van der Waals surface area (Å²) in [5.74, 6) is 1.28. The van der Waals surface area contributed by atoms with Crippen molar-refractivity contribution in [2.45, 2.75) is 0 Å². The van der Waals surface area contributed by atoms with E-state index in [2.05, 4.69) is 0 Å². The summed E-state index contributed by atoms with van der Waals surface area (Å²) in [6, 6.07) is 22.6. The SMILES string of the molecule is COc1ccc(C(=O)c2coc3ccc(OC/C=C/c4ccccc4)cc23)cc1. The standard InChI is InChI=1S/C25H20O4/c1-27-20-11-9-19(10-12-20)25(26)23-17-29-24-14-13-21(16-22(23)24)28-15-5-8-18-6-3-2-4-7-18/h2-14,16-17H,15H2,1H3/b8-5+. The van der Waals surface area contributed by atoms with Gasteiger partial charge in [0, 0.05) is 10.9 Å². The molecule has 0 aliphatic carbocycles. The number of ketones is 1. The maximum absolute atomic E-state index is 12.9. The van der Waals surface area contributed by atoms with Gasteiger partial charge in [-0.2, -0.15) is 0 Å². The van der Waals surface area contributed by atoms with E-state index in [0.29, 0.717) is 34.8 Å². The minimum atomic E-state index is -0.104. The van der Waals surface area contributed by atoms with Crippen LogP contribution in [0.25, 0.3) is 17.0 Å². The number of methoxy groups -OCH3 is 1. The highest BCUT2D eigenvalue weighted by atomic mass is 16.5. The Morgan fingerprint density at radius 1 is 0.966 bits per heavy atom.